The van der Waals surface area contributed by atoms with E-state index >= 15 is 0 Å². The lowest BCUT2D eigenvalue weighted by Gasteiger charge is -2.26. The average molecular weight is 426 g/mol. The molecular weight excluding hydrogens is 390 g/mol. The topological polar surface area (TPSA) is 73.8 Å². The van der Waals surface area contributed by atoms with Crippen LogP contribution in [0, 0.1) is 0 Å². The number of carbonyl (C=O) groups is 1. The Balaban J connectivity index is 1.80. The van der Waals surface area contributed by atoms with Gasteiger partial charge in [-0.3, -0.25) is 5.01 Å². The molecule has 0 aromatic heterocycles. The number of hydrogen-bond acceptors (Lipinski definition) is 6. The van der Waals surface area contributed by atoms with Gasteiger partial charge >= 0.3 is 5.97 Å². The first-order valence-corrected chi connectivity index (χ1v) is 11.3. The van der Waals surface area contributed by atoms with Crippen LogP contribution in [-0.4, -0.2) is 17.7 Å². The molecule has 0 unspecified atom stereocenters. The highest BCUT2D eigenvalue weighted by molar-refractivity contribution is 5.93. The van der Waals surface area contributed by atoms with Crippen molar-refractivity contribution in [3.63, 3.8) is 0 Å². The Labute approximate surface area is 185 Å². The van der Waals surface area contributed by atoms with E-state index in [0.29, 0.717) is 23.4 Å². The van der Waals surface area contributed by atoms with Gasteiger partial charge in [0.1, 0.15) is 11.4 Å². The summed E-state index contributed by atoms with van der Waals surface area (Å²) in [6, 6.07) is 11.2. The van der Waals surface area contributed by atoms with E-state index in [9.17, 15) is 9.90 Å². The summed E-state index contributed by atoms with van der Waals surface area (Å²) in [5.74, 6) is -0.216. The number of unbranched alkanes of at least 4 members (excludes halogenated alkanes) is 5. The quantitative estimate of drug-likeness (QED) is 0.329. The third-order valence-electron chi connectivity index (χ3n) is 5.55. The van der Waals surface area contributed by atoms with Gasteiger partial charge in [-0.15, -0.1) is 5.53 Å². The first-order valence-electron chi connectivity index (χ1n) is 11.3. The Morgan fingerprint density at radius 1 is 1.03 bits per heavy atom. The van der Waals surface area contributed by atoms with Gasteiger partial charge in [0, 0.05) is 5.56 Å². The van der Waals surface area contributed by atoms with E-state index in [0.717, 1.165) is 24.2 Å². The van der Waals surface area contributed by atoms with Gasteiger partial charge in [0.25, 0.3) is 0 Å². The molecule has 3 N–H and O–H groups in total. The van der Waals surface area contributed by atoms with Crippen molar-refractivity contribution in [1.82, 2.24) is 5.53 Å². The number of carbonyl (C=O) groups excluding carboxylic acids is 1. The van der Waals surface area contributed by atoms with Crippen LogP contribution in [-0.2, 0) is 10.2 Å². The number of aromatic hydroxyl groups is 1. The molecule has 6 heteroatoms. The lowest BCUT2D eigenvalue weighted by Crippen LogP contribution is -2.32. The smallest absolute Gasteiger partial charge is 0.338 e. The minimum atomic E-state index is -0.360. The molecule has 0 saturated heterocycles. The molecule has 168 valence electrons. The number of nitrogens with one attached hydrogen (secondary N) is 2. The van der Waals surface area contributed by atoms with Crippen molar-refractivity contribution >= 4 is 23.0 Å². The number of fused-ring (bicyclic) bond motifs is 1. The Morgan fingerprint density at radius 3 is 2.48 bits per heavy atom. The van der Waals surface area contributed by atoms with E-state index in [1.54, 1.807) is 17.1 Å². The molecule has 0 aliphatic carbocycles. The van der Waals surface area contributed by atoms with Crippen molar-refractivity contribution in [3.05, 3.63) is 47.5 Å². The molecule has 31 heavy (non-hydrogen) atoms. The van der Waals surface area contributed by atoms with E-state index in [1.807, 2.05) is 45.0 Å². The van der Waals surface area contributed by atoms with Gasteiger partial charge in [-0.05, 0) is 36.1 Å². The van der Waals surface area contributed by atoms with Gasteiger partial charge in [-0.2, -0.15) is 0 Å². The number of hydrogen-bond donors (Lipinski definition) is 3. The zero-order valence-corrected chi connectivity index (χ0v) is 19.1. The van der Waals surface area contributed by atoms with Gasteiger partial charge in [0.2, 0.25) is 0 Å². The Morgan fingerprint density at radius 2 is 1.74 bits per heavy atom. The highest BCUT2D eigenvalue weighted by Gasteiger charge is 2.29. The Kier molecular flexibility index (Phi) is 7.44. The molecule has 0 bridgehead atoms. The molecular formula is C25H35N3O3. The summed E-state index contributed by atoms with van der Waals surface area (Å²) in [4.78, 5) is 12.8. The monoisotopic (exact) mass is 425 g/mol. The normalized spacial score (nSPS) is 13.1. The molecule has 2 aromatic carbocycles. The van der Waals surface area contributed by atoms with Crippen LogP contribution in [0.15, 0.2) is 36.4 Å². The van der Waals surface area contributed by atoms with Gasteiger partial charge in [0.05, 0.1) is 23.5 Å². The molecule has 0 atom stereocenters. The van der Waals surface area contributed by atoms with Crippen LogP contribution in [0.1, 0.15) is 82.1 Å². The van der Waals surface area contributed by atoms with Crippen LogP contribution in [0.4, 0.5) is 17.1 Å². The number of phenols is 1. The first-order chi connectivity index (χ1) is 14.8. The van der Waals surface area contributed by atoms with Gasteiger partial charge in [0.15, 0.2) is 0 Å². The summed E-state index contributed by atoms with van der Waals surface area (Å²) >= 11 is 0. The number of para-hydroxylation sites is 2. The summed E-state index contributed by atoms with van der Waals surface area (Å²) in [7, 11) is 0. The van der Waals surface area contributed by atoms with Crippen molar-refractivity contribution in [2.24, 2.45) is 0 Å². The highest BCUT2D eigenvalue weighted by atomic mass is 16.5. The second-order valence-electron chi connectivity index (χ2n) is 9.13. The fraction of sp³-hybridized carbons (Fsp3) is 0.480. The molecule has 0 spiro atoms. The molecule has 6 nitrogen and oxygen atoms in total. The van der Waals surface area contributed by atoms with Crippen LogP contribution in [0.2, 0.25) is 0 Å². The van der Waals surface area contributed by atoms with Crippen molar-refractivity contribution < 1.29 is 14.6 Å². The lowest BCUT2D eigenvalue weighted by molar-refractivity contribution is 0.0497. The van der Waals surface area contributed by atoms with Gasteiger partial charge in [-0.1, -0.05) is 71.9 Å². The maximum absolute atomic E-state index is 12.8. The molecule has 1 aliphatic heterocycles. The Hall–Kier alpha value is -2.73. The second kappa shape index (κ2) is 10.1. The number of esters is 1. The Bertz CT molecular complexity index is 905. The molecule has 0 fully saturated rings. The van der Waals surface area contributed by atoms with Crippen molar-refractivity contribution in [2.75, 3.05) is 17.0 Å². The first kappa shape index (κ1) is 22.9. The molecule has 2 aromatic rings. The number of anilines is 3. The minimum absolute atomic E-state index is 0.144. The molecule has 0 saturated carbocycles. The number of benzene rings is 2. The molecule has 0 amide bonds. The maximum Gasteiger partial charge on any atom is 0.338 e. The van der Waals surface area contributed by atoms with Crippen LogP contribution in [0.25, 0.3) is 0 Å². The van der Waals surface area contributed by atoms with Crippen LogP contribution in [0.3, 0.4) is 0 Å². The van der Waals surface area contributed by atoms with Crippen LogP contribution in [0.5, 0.6) is 5.75 Å². The highest BCUT2D eigenvalue weighted by Crippen LogP contribution is 2.43. The SMILES string of the molecule is CCCCCCCCOC(=O)c1cc(N2NNc3ccccc32)c(O)c(C(C)(C)C)c1. The summed E-state index contributed by atoms with van der Waals surface area (Å²) < 4.78 is 5.55. The number of rotatable bonds is 9. The number of phenolic OH excluding ortho intramolecular Hbond substituents is 1. The summed E-state index contributed by atoms with van der Waals surface area (Å²) in [6.45, 7) is 8.66. The third kappa shape index (κ3) is 5.50. The number of nitrogens with zero attached hydrogens (tertiary/aromatic N) is 1. The lowest BCUT2D eigenvalue weighted by atomic mass is 9.84. The summed E-state index contributed by atoms with van der Waals surface area (Å²) in [5.41, 5.74) is 9.24. The zero-order chi connectivity index (χ0) is 22.4. The van der Waals surface area contributed by atoms with Crippen molar-refractivity contribution in [1.29, 1.82) is 0 Å². The molecule has 3 rings (SSSR count). The molecule has 0 radical (unpaired) electrons. The number of ether oxygens (including phenoxy) is 1. The minimum Gasteiger partial charge on any atom is -0.505 e. The van der Waals surface area contributed by atoms with E-state index in [-0.39, 0.29) is 17.1 Å². The molecule has 1 aliphatic rings. The maximum atomic E-state index is 12.8. The van der Waals surface area contributed by atoms with E-state index in [2.05, 4.69) is 17.9 Å². The zero-order valence-electron chi connectivity index (χ0n) is 19.1. The van der Waals surface area contributed by atoms with Gasteiger partial charge < -0.3 is 15.3 Å². The van der Waals surface area contributed by atoms with Crippen LogP contribution >= 0.6 is 0 Å². The van der Waals surface area contributed by atoms with Crippen molar-refractivity contribution in [2.45, 2.75) is 71.6 Å². The fourth-order valence-electron chi connectivity index (χ4n) is 3.75. The standard InChI is InChI=1S/C25H35N3O3/c1-5-6-7-8-9-12-15-31-24(30)18-16-19(25(2,3)4)23(29)22(17-18)28-21-14-11-10-13-20(21)26-27-28/h10-11,13-14,16-17,26-27,29H,5-9,12,15H2,1-4H3. The van der Waals surface area contributed by atoms with E-state index < -0.39 is 0 Å². The fourth-order valence-corrected chi connectivity index (χ4v) is 3.75. The van der Waals surface area contributed by atoms with Gasteiger partial charge in [-0.25, -0.2) is 4.79 Å². The number of hydrazine groups is 2. The second-order valence-corrected chi connectivity index (χ2v) is 9.13. The summed E-state index contributed by atoms with van der Waals surface area (Å²) in [6.07, 6.45) is 6.84. The third-order valence-corrected chi connectivity index (χ3v) is 5.55. The van der Waals surface area contributed by atoms with E-state index in [4.69, 9.17) is 4.74 Å². The van der Waals surface area contributed by atoms with E-state index in [1.165, 1.54) is 25.7 Å². The van der Waals surface area contributed by atoms with Crippen LogP contribution < -0.4 is 16.0 Å². The predicted octanol–water partition coefficient (Wildman–Crippen LogP) is 6.19. The molecule has 1 heterocycles. The largest absolute Gasteiger partial charge is 0.505 e. The van der Waals surface area contributed by atoms with Crippen molar-refractivity contribution in [3.8, 4) is 5.75 Å². The average Bonchev–Trinajstić information content (AvgIpc) is 3.16. The summed E-state index contributed by atoms with van der Waals surface area (Å²) in [5, 5.41) is 12.8. The predicted molar refractivity (Wildman–Crippen MR) is 126 cm³/mol.